The Morgan fingerprint density at radius 3 is 2.62 bits per heavy atom. The molecular weight excluding hydrogens is 236 g/mol. The van der Waals surface area contributed by atoms with E-state index in [1.165, 1.54) is 4.21 Å². The van der Waals surface area contributed by atoms with Gasteiger partial charge in [-0.05, 0) is 42.9 Å². The maximum absolute atomic E-state index is 3.40. The molecule has 0 aromatic carbocycles. The molecule has 92 valence electrons. The van der Waals surface area contributed by atoms with E-state index in [1.54, 1.807) is 11.3 Å². The van der Waals surface area contributed by atoms with Gasteiger partial charge in [0.2, 0.25) is 0 Å². The lowest BCUT2D eigenvalue weighted by Gasteiger charge is -2.33. The number of nitrogens with one attached hydrogen (secondary N) is 1. The topological polar surface area (TPSA) is 15.3 Å². The van der Waals surface area contributed by atoms with Crippen molar-refractivity contribution in [3.63, 3.8) is 0 Å². The van der Waals surface area contributed by atoms with Crippen LogP contribution in [0.2, 0.25) is 0 Å². The molecule has 0 radical (unpaired) electrons. The summed E-state index contributed by atoms with van der Waals surface area (Å²) in [5, 5.41) is 5.52. The molecule has 0 aliphatic heterocycles. The van der Waals surface area contributed by atoms with Crippen molar-refractivity contribution in [2.24, 2.45) is 5.41 Å². The molecule has 1 atom stereocenters. The fourth-order valence-corrected chi connectivity index (χ4v) is 3.40. The average molecular weight is 258 g/mol. The van der Waals surface area contributed by atoms with E-state index in [0.717, 1.165) is 6.54 Å². The van der Waals surface area contributed by atoms with Crippen molar-refractivity contribution in [1.29, 1.82) is 0 Å². The van der Waals surface area contributed by atoms with Crippen molar-refractivity contribution in [2.75, 3.05) is 20.6 Å². The normalized spacial score (nSPS) is 14.4. The van der Waals surface area contributed by atoms with Crippen molar-refractivity contribution in [3.8, 4) is 0 Å². The highest BCUT2D eigenvalue weighted by Crippen LogP contribution is 2.28. The van der Waals surface area contributed by atoms with E-state index in [4.69, 9.17) is 0 Å². The highest BCUT2D eigenvalue weighted by molar-refractivity contribution is 7.98. The van der Waals surface area contributed by atoms with Gasteiger partial charge in [-0.2, -0.15) is 0 Å². The van der Waals surface area contributed by atoms with Crippen molar-refractivity contribution >= 4 is 23.3 Å². The Balaban J connectivity index is 2.46. The first-order valence-corrected chi connectivity index (χ1v) is 7.18. The fraction of sp³-hybridized carbons (Fsp3) is 0.667. The lowest BCUT2D eigenvalue weighted by Crippen LogP contribution is -2.44. The molecule has 0 spiro atoms. The predicted octanol–water partition coefficient (Wildman–Crippen LogP) is 3.32. The van der Waals surface area contributed by atoms with Crippen molar-refractivity contribution < 1.29 is 0 Å². The molecule has 4 heteroatoms. The maximum atomic E-state index is 3.40. The van der Waals surface area contributed by atoms with E-state index in [0.29, 0.717) is 11.5 Å². The van der Waals surface area contributed by atoms with Gasteiger partial charge < -0.3 is 5.32 Å². The first kappa shape index (κ1) is 14.0. The molecule has 0 aliphatic carbocycles. The molecule has 0 saturated carbocycles. The molecule has 16 heavy (non-hydrogen) atoms. The molecule has 1 rings (SSSR count). The molecule has 1 aromatic heterocycles. The molecular formula is C12H22N2S2. The van der Waals surface area contributed by atoms with E-state index in [1.807, 2.05) is 19.0 Å². The number of hydrogen-bond donors (Lipinski definition) is 1. The first-order valence-electron chi connectivity index (χ1n) is 5.53. The summed E-state index contributed by atoms with van der Waals surface area (Å²) >= 11 is 3.62. The zero-order valence-electron chi connectivity index (χ0n) is 10.8. The Hall–Kier alpha value is -0.0300. The van der Waals surface area contributed by atoms with Gasteiger partial charge in [0.25, 0.3) is 0 Å². The van der Waals surface area contributed by atoms with Gasteiger partial charge in [0, 0.05) is 12.6 Å². The monoisotopic (exact) mass is 258 g/mol. The summed E-state index contributed by atoms with van der Waals surface area (Å²) in [7, 11) is 4.19. The molecule has 0 amide bonds. The average Bonchev–Trinajstić information content (AvgIpc) is 2.64. The molecule has 1 aromatic rings. The van der Waals surface area contributed by atoms with E-state index in [-0.39, 0.29) is 0 Å². The standard InChI is InChI=1S/C12H22N2S2/c1-12(2,3)10(13-4)9-14(5)16-11-7-6-8-15-11/h6-8,10,13H,9H2,1-5H3. The summed E-state index contributed by atoms with van der Waals surface area (Å²) < 4.78 is 3.66. The predicted molar refractivity (Wildman–Crippen MR) is 75.1 cm³/mol. The minimum Gasteiger partial charge on any atom is -0.315 e. The largest absolute Gasteiger partial charge is 0.315 e. The van der Waals surface area contributed by atoms with Crippen LogP contribution in [-0.4, -0.2) is 31.0 Å². The van der Waals surface area contributed by atoms with Crippen LogP contribution in [0, 0.1) is 5.41 Å². The van der Waals surface area contributed by atoms with Gasteiger partial charge >= 0.3 is 0 Å². The quantitative estimate of drug-likeness (QED) is 0.816. The van der Waals surface area contributed by atoms with Crippen LogP contribution >= 0.6 is 23.3 Å². The number of hydrogen-bond acceptors (Lipinski definition) is 4. The van der Waals surface area contributed by atoms with E-state index in [2.05, 4.69) is 55.0 Å². The molecule has 1 unspecified atom stereocenters. The number of rotatable bonds is 5. The summed E-state index contributed by atoms with van der Waals surface area (Å²) in [5.41, 5.74) is 0.291. The molecule has 2 nitrogen and oxygen atoms in total. The van der Waals surface area contributed by atoms with Crippen LogP contribution in [0.3, 0.4) is 0 Å². The van der Waals surface area contributed by atoms with E-state index < -0.39 is 0 Å². The van der Waals surface area contributed by atoms with Crippen molar-refractivity contribution in [2.45, 2.75) is 31.0 Å². The molecule has 0 saturated heterocycles. The van der Waals surface area contributed by atoms with Crippen LogP contribution in [-0.2, 0) is 0 Å². The summed E-state index contributed by atoms with van der Waals surface area (Å²) in [4.78, 5) is 0. The van der Waals surface area contributed by atoms with Crippen LogP contribution in [0.4, 0.5) is 0 Å². The first-order chi connectivity index (χ1) is 7.43. The van der Waals surface area contributed by atoms with Gasteiger partial charge in [0.05, 0.1) is 4.21 Å². The third-order valence-corrected chi connectivity index (χ3v) is 4.53. The van der Waals surface area contributed by atoms with Crippen LogP contribution < -0.4 is 5.32 Å². The van der Waals surface area contributed by atoms with E-state index >= 15 is 0 Å². The Kier molecular flexibility index (Phi) is 5.31. The van der Waals surface area contributed by atoms with Crippen LogP contribution in [0.15, 0.2) is 21.7 Å². The van der Waals surface area contributed by atoms with Gasteiger partial charge in [-0.25, -0.2) is 4.31 Å². The number of likely N-dealkylation sites (N-methyl/N-ethyl adjacent to an activating group) is 2. The van der Waals surface area contributed by atoms with Crippen LogP contribution in [0.25, 0.3) is 0 Å². The molecule has 1 N–H and O–H groups in total. The van der Waals surface area contributed by atoms with Gasteiger partial charge in [0.1, 0.15) is 0 Å². The van der Waals surface area contributed by atoms with Crippen LogP contribution in [0.5, 0.6) is 0 Å². The van der Waals surface area contributed by atoms with Gasteiger partial charge in [-0.1, -0.05) is 26.8 Å². The highest BCUT2D eigenvalue weighted by atomic mass is 32.2. The molecule has 0 bridgehead atoms. The lowest BCUT2D eigenvalue weighted by atomic mass is 9.87. The summed E-state index contributed by atoms with van der Waals surface area (Å²) in [6, 6.07) is 4.77. The highest BCUT2D eigenvalue weighted by Gasteiger charge is 2.24. The fourth-order valence-electron chi connectivity index (χ4n) is 1.56. The number of nitrogens with zero attached hydrogens (tertiary/aromatic N) is 1. The molecule has 0 fully saturated rings. The van der Waals surface area contributed by atoms with Gasteiger partial charge in [0.15, 0.2) is 0 Å². The molecule has 0 aliphatic rings. The summed E-state index contributed by atoms with van der Waals surface area (Å²) in [6.45, 7) is 7.87. The second kappa shape index (κ2) is 6.05. The smallest absolute Gasteiger partial charge is 0.0753 e. The Bertz CT molecular complexity index is 290. The second-order valence-electron chi connectivity index (χ2n) is 5.04. The van der Waals surface area contributed by atoms with E-state index in [9.17, 15) is 0 Å². The lowest BCUT2D eigenvalue weighted by molar-refractivity contribution is 0.252. The number of thiophene rings is 1. The third kappa shape index (κ3) is 4.45. The second-order valence-corrected chi connectivity index (χ2v) is 7.49. The zero-order chi connectivity index (χ0) is 12.2. The van der Waals surface area contributed by atoms with Gasteiger partial charge in [-0.15, -0.1) is 11.3 Å². The molecule has 1 heterocycles. The third-order valence-electron chi connectivity index (χ3n) is 2.57. The van der Waals surface area contributed by atoms with Crippen molar-refractivity contribution in [1.82, 2.24) is 9.62 Å². The summed E-state index contributed by atoms with van der Waals surface area (Å²) in [6.07, 6.45) is 0. The minimum atomic E-state index is 0.291. The summed E-state index contributed by atoms with van der Waals surface area (Å²) in [5.74, 6) is 0. The maximum Gasteiger partial charge on any atom is 0.0753 e. The zero-order valence-corrected chi connectivity index (χ0v) is 12.4. The Morgan fingerprint density at radius 2 is 2.19 bits per heavy atom. The SMILES string of the molecule is CNC(CN(C)Sc1cccs1)C(C)(C)C. The Morgan fingerprint density at radius 1 is 1.50 bits per heavy atom. The minimum absolute atomic E-state index is 0.291. The van der Waals surface area contributed by atoms with Gasteiger partial charge in [-0.3, -0.25) is 0 Å². The van der Waals surface area contributed by atoms with Crippen LogP contribution in [0.1, 0.15) is 20.8 Å². The van der Waals surface area contributed by atoms with Crippen molar-refractivity contribution in [3.05, 3.63) is 17.5 Å². The Labute approximate surface area is 108 Å².